The van der Waals surface area contributed by atoms with Gasteiger partial charge < -0.3 is 10.6 Å². The van der Waals surface area contributed by atoms with E-state index in [1.807, 2.05) is 24.9 Å². The number of nitrogens with zero attached hydrogens (tertiary/aromatic N) is 4. The van der Waals surface area contributed by atoms with Crippen molar-refractivity contribution in [2.24, 2.45) is 7.05 Å². The van der Waals surface area contributed by atoms with Crippen LogP contribution in [0.2, 0.25) is 0 Å². The van der Waals surface area contributed by atoms with E-state index in [1.54, 1.807) is 6.33 Å². The average Bonchev–Trinajstić information content (AvgIpc) is 2.80. The van der Waals surface area contributed by atoms with E-state index in [0.717, 1.165) is 48.0 Å². The van der Waals surface area contributed by atoms with Gasteiger partial charge in [-0.2, -0.15) is 5.10 Å². The Hall–Kier alpha value is -2.11. The molecule has 0 saturated carbocycles. The minimum Gasteiger partial charge on any atom is -0.370 e. The minimum atomic E-state index is 0.821. The van der Waals surface area contributed by atoms with Crippen molar-refractivity contribution >= 4 is 17.3 Å². The molecule has 0 aliphatic heterocycles. The summed E-state index contributed by atoms with van der Waals surface area (Å²) in [5.74, 6) is 1.70. The molecule has 0 atom stereocenters. The summed E-state index contributed by atoms with van der Waals surface area (Å²) in [4.78, 5) is 8.61. The van der Waals surface area contributed by atoms with Crippen molar-refractivity contribution in [1.29, 1.82) is 0 Å². The molecular formula is C14H22N6. The van der Waals surface area contributed by atoms with Crippen molar-refractivity contribution in [3.8, 4) is 0 Å². The van der Waals surface area contributed by atoms with Gasteiger partial charge in [0.15, 0.2) is 0 Å². The van der Waals surface area contributed by atoms with Crippen LogP contribution < -0.4 is 10.6 Å². The molecule has 2 aromatic rings. The van der Waals surface area contributed by atoms with E-state index in [1.165, 1.54) is 0 Å². The highest BCUT2D eigenvalue weighted by molar-refractivity contribution is 5.65. The summed E-state index contributed by atoms with van der Waals surface area (Å²) in [7, 11) is 1.92. The number of hydrogen-bond acceptors (Lipinski definition) is 5. The van der Waals surface area contributed by atoms with E-state index in [-0.39, 0.29) is 0 Å². The first-order chi connectivity index (χ1) is 9.65. The second-order valence-corrected chi connectivity index (χ2v) is 4.76. The van der Waals surface area contributed by atoms with Crippen LogP contribution >= 0.6 is 0 Å². The van der Waals surface area contributed by atoms with Gasteiger partial charge in [-0.15, -0.1) is 0 Å². The molecule has 0 bridgehead atoms. The van der Waals surface area contributed by atoms with Crippen LogP contribution in [0.5, 0.6) is 0 Å². The number of anilines is 3. The molecule has 0 amide bonds. The van der Waals surface area contributed by atoms with E-state index in [0.29, 0.717) is 0 Å². The van der Waals surface area contributed by atoms with Crippen LogP contribution in [-0.4, -0.2) is 26.3 Å². The molecule has 0 aliphatic rings. The molecular weight excluding hydrogens is 252 g/mol. The molecule has 2 rings (SSSR count). The Labute approximate surface area is 119 Å². The molecule has 2 N–H and O–H groups in total. The normalized spacial score (nSPS) is 10.6. The van der Waals surface area contributed by atoms with Gasteiger partial charge in [0, 0.05) is 25.4 Å². The van der Waals surface area contributed by atoms with Gasteiger partial charge in [-0.3, -0.25) is 4.68 Å². The Morgan fingerprint density at radius 2 is 1.95 bits per heavy atom. The third kappa shape index (κ3) is 3.07. The average molecular weight is 274 g/mol. The number of rotatable bonds is 6. The summed E-state index contributed by atoms with van der Waals surface area (Å²) in [5, 5.41) is 11.1. The fourth-order valence-electron chi connectivity index (χ4n) is 2.03. The topological polar surface area (TPSA) is 67.7 Å². The fourth-order valence-corrected chi connectivity index (χ4v) is 2.03. The quantitative estimate of drug-likeness (QED) is 0.847. The Kier molecular flexibility index (Phi) is 4.55. The minimum absolute atomic E-state index is 0.821. The largest absolute Gasteiger partial charge is 0.370 e. The molecule has 0 aliphatic carbocycles. The van der Waals surface area contributed by atoms with E-state index in [9.17, 15) is 0 Å². The Morgan fingerprint density at radius 3 is 2.65 bits per heavy atom. The second kappa shape index (κ2) is 6.36. The summed E-state index contributed by atoms with van der Waals surface area (Å²) >= 11 is 0. The number of nitrogens with one attached hydrogen (secondary N) is 2. The molecule has 2 aromatic heterocycles. The summed E-state index contributed by atoms with van der Waals surface area (Å²) in [6, 6.07) is 0. The van der Waals surface area contributed by atoms with Gasteiger partial charge in [0.2, 0.25) is 0 Å². The maximum atomic E-state index is 4.42. The molecule has 0 radical (unpaired) electrons. The van der Waals surface area contributed by atoms with Crippen LogP contribution in [0.1, 0.15) is 31.5 Å². The Morgan fingerprint density at radius 1 is 1.20 bits per heavy atom. The summed E-state index contributed by atoms with van der Waals surface area (Å²) in [5.41, 5.74) is 3.05. The highest BCUT2D eigenvalue weighted by Gasteiger charge is 2.10. The molecule has 0 aromatic carbocycles. The highest BCUT2D eigenvalue weighted by Crippen LogP contribution is 2.24. The van der Waals surface area contributed by atoms with Crippen LogP contribution in [0.3, 0.4) is 0 Å². The fraction of sp³-hybridized carbons (Fsp3) is 0.500. The van der Waals surface area contributed by atoms with Crippen LogP contribution in [0.15, 0.2) is 12.5 Å². The van der Waals surface area contributed by atoms with Crippen molar-refractivity contribution in [1.82, 2.24) is 19.7 Å². The van der Waals surface area contributed by atoms with E-state index < -0.39 is 0 Å². The Balaban J connectivity index is 2.24. The monoisotopic (exact) mass is 274 g/mol. The first-order valence-corrected chi connectivity index (χ1v) is 7.00. The molecule has 6 heteroatoms. The van der Waals surface area contributed by atoms with Crippen molar-refractivity contribution in [3.05, 3.63) is 23.8 Å². The molecule has 0 unspecified atom stereocenters. The first kappa shape index (κ1) is 14.3. The van der Waals surface area contributed by atoms with Crippen LogP contribution in [0.4, 0.5) is 17.3 Å². The van der Waals surface area contributed by atoms with E-state index in [2.05, 4.69) is 39.5 Å². The summed E-state index contributed by atoms with van der Waals surface area (Å²) in [6.45, 7) is 7.15. The highest BCUT2D eigenvalue weighted by atomic mass is 15.3. The van der Waals surface area contributed by atoms with E-state index in [4.69, 9.17) is 0 Å². The third-order valence-corrected chi connectivity index (χ3v) is 3.12. The van der Waals surface area contributed by atoms with Gasteiger partial charge in [0.25, 0.3) is 0 Å². The zero-order valence-electron chi connectivity index (χ0n) is 12.6. The predicted octanol–water partition coefficient (Wildman–Crippen LogP) is 2.65. The predicted molar refractivity (Wildman–Crippen MR) is 81.4 cm³/mol. The molecule has 0 fully saturated rings. The Bertz CT molecular complexity index is 575. The SMILES string of the molecule is CCCNc1ncnc(Nc2cn(C)nc2CC)c1C. The maximum absolute atomic E-state index is 4.42. The maximum Gasteiger partial charge on any atom is 0.138 e. The summed E-state index contributed by atoms with van der Waals surface area (Å²) in [6.07, 6.45) is 5.50. The lowest BCUT2D eigenvalue weighted by Gasteiger charge is -2.12. The number of hydrogen-bond donors (Lipinski definition) is 2. The standard InChI is InChI=1S/C14H22N6/c1-5-7-15-13-10(3)14(17-9-16-13)18-12-8-20(4)19-11(12)6-2/h8-9H,5-7H2,1-4H3,(H2,15,16,17,18). The van der Waals surface area contributed by atoms with E-state index >= 15 is 0 Å². The zero-order chi connectivity index (χ0) is 14.5. The van der Waals surface area contributed by atoms with Crippen molar-refractivity contribution in [2.45, 2.75) is 33.6 Å². The van der Waals surface area contributed by atoms with Crippen LogP contribution in [-0.2, 0) is 13.5 Å². The third-order valence-electron chi connectivity index (χ3n) is 3.12. The molecule has 20 heavy (non-hydrogen) atoms. The van der Waals surface area contributed by atoms with Crippen molar-refractivity contribution < 1.29 is 0 Å². The van der Waals surface area contributed by atoms with Crippen LogP contribution in [0.25, 0.3) is 0 Å². The van der Waals surface area contributed by atoms with Gasteiger partial charge >= 0.3 is 0 Å². The molecule has 0 saturated heterocycles. The van der Waals surface area contributed by atoms with Gasteiger partial charge in [-0.25, -0.2) is 9.97 Å². The summed E-state index contributed by atoms with van der Waals surface area (Å²) < 4.78 is 1.81. The lowest BCUT2D eigenvalue weighted by molar-refractivity contribution is 0.746. The van der Waals surface area contributed by atoms with Crippen LogP contribution in [0, 0.1) is 6.92 Å². The first-order valence-electron chi connectivity index (χ1n) is 7.00. The number of aromatic nitrogens is 4. The van der Waals surface area contributed by atoms with Gasteiger partial charge in [-0.1, -0.05) is 13.8 Å². The lowest BCUT2D eigenvalue weighted by atomic mass is 10.2. The van der Waals surface area contributed by atoms with Crippen molar-refractivity contribution in [3.63, 3.8) is 0 Å². The molecule has 6 nitrogen and oxygen atoms in total. The number of aryl methyl sites for hydroxylation is 2. The lowest BCUT2D eigenvalue weighted by Crippen LogP contribution is -2.07. The van der Waals surface area contributed by atoms with Gasteiger partial charge in [0.1, 0.15) is 18.0 Å². The van der Waals surface area contributed by atoms with Crippen molar-refractivity contribution in [2.75, 3.05) is 17.2 Å². The molecule has 2 heterocycles. The zero-order valence-corrected chi connectivity index (χ0v) is 12.6. The second-order valence-electron chi connectivity index (χ2n) is 4.76. The van der Waals surface area contributed by atoms with Gasteiger partial charge in [-0.05, 0) is 19.8 Å². The van der Waals surface area contributed by atoms with Gasteiger partial charge in [0.05, 0.1) is 11.4 Å². The smallest absolute Gasteiger partial charge is 0.138 e. The molecule has 0 spiro atoms. The molecule has 108 valence electrons.